The van der Waals surface area contributed by atoms with Crippen LogP contribution in [-0.2, 0) is 9.53 Å². The number of aromatic nitrogens is 1. The van der Waals surface area contributed by atoms with Crippen molar-refractivity contribution in [3.63, 3.8) is 0 Å². The summed E-state index contributed by atoms with van der Waals surface area (Å²) < 4.78 is 4.47. The zero-order valence-electron chi connectivity index (χ0n) is 11.5. The van der Waals surface area contributed by atoms with E-state index >= 15 is 0 Å². The highest BCUT2D eigenvalue weighted by molar-refractivity contribution is 6.29. The highest BCUT2D eigenvalue weighted by Gasteiger charge is 2.21. The van der Waals surface area contributed by atoms with Crippen LogP contribution in [0.2, 0.25) is 5.15 Å². The van der Waals surface area contributed by atoms with Crippen LogP contribution >= 0.6 is 11.6 Å². The van der Waals surface area contributed by atoms with Crippen molar-refractivity contribution in [2.45, 2.75) is 25.8 Å². The van der Waals surface area contributed by atoms with Crippen LogP contribution in [-0.4, -0.2) is 41.7 Å². The number of nitrogens with zero attached hydrogens (tertiary/aromatic N) is 1. The van der Waals surface area contributed by atoms with Crippen LogP contribution < -0.4 is 5.32 Å². The van der Waals surface area contributed by atoms with Gasteiger partial charge in [0.05, 0.1) is 13.7 Å². The van der Waals surface area contributed by atoms with E-state index in [0.29, 0.717) is 5.69 Å². The Balaban J connectivity index is 2.94. The Hall–Kier alpha value is -1.66. The first-order valence-corrected chi connectivity index (χ1v) is 6.43. The van der Waals surface area contributed by atoms with Gasteiger partial charge in [-0.05, 0) is 18.1 Å². The monoisotopic (exact) mass is 300 g/mol. The standard InChI is InChI=1S/C13H17ClN2O4/c1-7(2)9-4-8(5-11(14)15-9)12(18)16-10(6-17)13(19)20-3/h4-5,7,10,17H,6H2,1-3H3,(H,16,18). The fourth-order valence-electron chi connectivity index (χ4n) is 1.51. The fourth-order valence-corrected chi connectivity index (χ4v) is 1.72. The van der Waals surface area contributed by atoms with Gasteiger partial charge in [-0.15, -0.1) is 0 Å². The summed E-state index contributed by atoms with van der Waals surface area (Å²) in [5.41, 5.74) is 0.942. The van der Waals surface area contributed by atoms with Gasteiger partial charge in [-0.1, -0.05) is 25.4 Å². The van der Waals surface area contributed by atoms with Gasteiger partial charge in [-0.3, -0.25) is 4.79 Å². The van der Waals surface area contributed by atoms with E-state index in [1.807, 2.05) is 13.8 Å². The van der Waals surface area contributed by atoms with Crippen LogP contribution in [0.4, 0.5) is 0 Å². The molecule has 6 nitrogen and oxygen atoms in total. The molecule has 1 aromatic heterocycles. The van der Waals surface area contributed by atoms with E-state index in [0.717, 1.165) is 0 Å². The second kappa shape index (κ2) is 7.21. The molecule has 1 heterocycles. The molecule has 0 saturated carbocycles. The Kier molecular flexibility index (Phi) is 5.91. The molecule has 0 aliphatic rings. The Morgan fingerprint density at radius 1 is 1.45 bits per heavy atom. The van der Waals surface area contributed by atoms with Gasteiger partial charge in [0.15, 0.2) is 6.04 Å². The van der Waals surface area contributed by atoms with Crippen LogP contribution in [0.25, 0.3) is 0 Å². The summed E-state index contributed by atoms with van der Waals surface area (Å²) in [6.07, 6.45) is 0. The van der Waals surface area contributed by atoms with E-state index in [9.17, 15) is 9.59 Å². The van der Waals surface area contributed by atoms with Crippen LogP contribution in [0.3, 0.4) is 0 Å². The normalized spacial score (nSPS) is 12.1. The van der Waals surface area contributed by atoms with E-state index in [2.05, 4.69) is 15.0 Å². The number of hydrogen-bond acceptors (Lipinski definition) is 5. The third kappa shape index (κ3) is 4.18. The van der Waals surface area contributed by atoms with Crippen molar-refractivity contribution in [3.05, 3.63) is 28.5 Å². The summed E-state index contributed by atoms with van der Waals surface area (Å²) in [6.45, 7) is 3.30. The van der Waals surface area contributed by atoms with Gasteiger partial charge in [-0.25, -0.2) is 9.78 Å². The predicted octanol–water partition coefficient (Wildman–Crippen LogP) is 1.12. The van der Waals surface area contributed by atoms with Gasteiger partial charge < -0.3 is 15.2 Å². The number of methoxy groups -OCH3 is 1. The number of aliphatic hydroxyl groups is 1. The number of ether oxygens (including phenoxy) is 1. The number of esters is 1. The average molecular weight is 301 g/mol. The number of halogens is 1. The summed E-state index contributed by atoms with van der Waals surface area (Å²) in [7, 11) is 1.18. The molecule has 110 valence electrons. The third-order valence-electron chi connectivity index (χ3n) is 2.64. The Morgan fingerprint density at radius 3 is 2.60 bits per heavy atom. The van der Waals surface area contributed by atoms with E-state index in [-0.39, 0.29) is 16.6 Å². The summed E-state index contributed by atoms with van der Waals surface area (Å²) >= 11 is 5.87. The molecule has 20 heavy (non-hydrogen) atoms. The lowest BCUT2D eigenvalue weighted by Gasteiger charge is -2.14. The second-order valence-electron chi connectivity index (χ2n) is 4.49. The zero-order chi connectivity index (χ0) is 15.3. The molecule has 0 bridgehead atoms. The van der Waals surface area contributed by atoms with Gasteiger partial charge in [0, 0.05) is 11.3 Å². The minimum Gasteiger partial charge on any atom is -0.467 e. The smallest absolute Gasteiger partial charge is 0.330 e. The molecule has 1 unspecified atom stereocenters. The van der Waals surface area contributed by atoms with Crippen molar-refractivity contribution >= 4 is 23.5 Å². The molecule has 0 aliphatic carbocycles. The maximum Gasteiger partial charge on any atom is 0.330 e. The lowest BCUT2D eigenvalue weighted by atomic mass is 10.1. The Labute approximate surface area is 122 Å². The molecule has 1 atom stereocenters. The van der Waals surface area contributed by atoms with Gasteiger partial charge in [0.1, 0.15) is 5.15 Å². The SMILES string of the molecule is COC(=O)C(CO)NC(=O)c1cc(Cl)nc(C(C)C)c1. The molecular formula is C13H17ClN2O4. The number of carbonyl (C=O) groups is 2. The number of amides is 1. The van der Waals surface area contributed by atoms with Crippen molar-refractivity contribution in [3.8, 4) is 0 Å². The summed E-state index contributed by atoms with van der Waals surface area (Å²) in [5.74, 6) is -1.14. The number of aliphatic hydroxyl groups excluding tert-OH is 1. The van der Waals surface area contributed by atoms with Crippen molar-refractivity contribution < 1.29 is 19.4 Å². The summed E-state index contributed by atoms with van der Waals surface area (Å²) in [6, 6.07) is 1.88. The average Bonchev–Trinajstić information content (AvgIpc) is 2.42. The molecule has 0 aliphatic heterocycles. The van der Waals surface area contributed by atoms with E-state index < -0.39 is 24.5 Å². The van der Waals surface area contributed by atoms with E-state index in [1.54, 1.807) is 6.07 Å². The molecule has 0 spiro atoms. The fraction of sp³-hybridized carbons (Fsp3) is 0.462. The van der Waals surface area contributed by atoms with Gasteiger partial charge in [0.2, 0.25) is 0 Å². The molecule has 1 rings (SSSR count). The maximum atomic E-state index is 12.0. The molecule has 2 N–H and O–H groups in total. The number of nitrogens with one attached hydrogen (secondary N) is 1. The van der Waals surface area contributed by atoms with Crippen molar-refractivity contribution in [2.24, 2.45) is 0 Å². The molecule has 7 heteroatoms. The minimum atomic E-state index is -1.11. The molecular weight excluding hydrogens is 284 g/mol. The first kappa shape index (κ1) is 16.4. The largest absolute Gasteiger partial charge is 0.467 e. The van der Waals surface area contributed by atoms with Gasteiger partial charge in [0.25, 0.3) is 5.91 Å². The molecule has 1 aromatic rings. The predicted molar refractivity (Wildman–Crippen MR) is 73.7 cm³/mol. The Morgan fingerprint density at radius 2 is 2.10 bits per heavy atom. The number of rotatable bonds is 5. The van der Waals surface area contributed by atoms with Gasteiger partial charge in [-0.2, -0.15) is 0 Å². The van der Waals surface area contributed by atoms with E-state index in [4.69, 9.17) is 16.7 Å². The lowest BCUT2D eigenvalue weighted by Crippen LogP contribution is -2.44. The lowest BCUT2D eigenvalue weighted by molar-refractivity contribution is -0.143. The first-order valence-electron chi connectivity index (χ1n) is 6.06. The van der Waals surface area contributed by atoms with Crippen molar-refractivity contribution in [1.82, 2.24) is 10.3 Å². The number of hydrogen-bond donors (Lipinski definition) is 2. The van der Waals surface area contributed by atoms with E-state index in [1.165, 1.54) is 13.2 Å². The van der Waals surface area contributed by atoms with Crippen molar-refractivity contribution in [2.75, 3.05) is 13.7 Å². The van der Waals surface area contributed by atoms with Crippen LogP contribution in [0.5, 0.6) is 0 Å². The van der Waals surface area contributed by atoms with Crippen LogP contribution in [0.15, 0.2) is 12.1 Å². The quantitative estimate of drug-likeness (QED) is 0.628. The molecule has 0 radical (unpaired) electrons. The third-order valence-corrected chi connectivity index (χ3v) is 2.83. The maximum absolute atomic E-state index is 12.0. The number of pyridine rings is 1. The Bertz CT molecular complexity index is 505. The second-order valence-corrected chi connectivity index (χ2v) is 4.88. The number of carbonyl (C=O) groups excluding carboxylic acids is 2. The van der Waals surface area contributed by atoms with Crippen molar-refractivity contribution in [1.29, 1.82) is 0 Å². The topological polar surface area (TPSA) is 88.5 Å². The van der Waals surface area contributed by atoms with Gasteiger partial charge >= 0.3 is 5.97 Å². The molecule has 0 saturated heterocycles. The highest BCUT2D eigenvalue weighted by atomic mass is 35.5. The van der Waals surface area contributed by atoms with Crippen LogP contribution in [0, 0.1) is 0 Å². The first-order chi connectivity index (χ1) is 9.38. The molecule has 0 aromatic carbocycles. The zero-order valence-corrected chi connectivity index (χ0v) is 12.3. The minimum absolute atomic E-state index is 0.106. The highest BCUT2D eigenvalue weighted by Crippen LogP contribution is 2.17. The summed E-state index contributed by atoms with van der Waals surface area (Å²) in [4.78, 5) is 27.5. The van der Waals surface area contributed by atoms with Crippen LogP contribution in [0.1, 0.15) is 35.8 Å². The molecule has 0 fully saturated rings. The summed E-state index contributed by atoms with van der Waals surface area (Å²) in [5, 5.41) is 11.6. The molecule has 1 amide bonds.